The summed E-state index contributed by atoms with van der Waals surface area (Å²) >= 11 is 0. The minimum absolute atomic E-state index is 0.135. The lowest BCUT2D eigenvalue weighted by molar-refractivity contribution is 0.184. The average Bonchev–Trinajstić information content (AvgIpc) is 2.43. The van der Waals surface area contributed by atoms with Crippen LogP contribution in [-0.4, -0.2) is 38.2 Å². The maximum atomic E-state index is 9.37. The molecular formula is C14H19N3O. The number of piperazine rings is 1. The number of methoxy groups -OCH3 is 1. The number of hydrogen-bond acceptors (Lipinski definition) is 4. The van der Waals surface area contributed by atoms with E-state index in [1.807, 2.05) is 24.3 Å². The van der Waals surface area contributed by atoms with Crippen LogP contribution in [0.3, 0.4) is 0 Å². The Bertz CT molecular complexity index is 404. The van der Waals surface area contributed by atoms with Crippen molar-refractivity contribution in [3.8, 4) is 6.07 Å². The van der Waals surface area contributed by atoms with Gasteiger partial charge < -0.3 is 10.1 Å². The van der Waals surface area contributed by atoms with Gasteiger partial charge in [0, 0.05) is 33.3 Å². The molecule has 1 aliphatic rings. The highest BCUT2D eigenvalue weighted by Crippen LogP contribution is 2.21. The van der Waals surface area contributed by atoms with Crippen LogP contribution in [0.2, 0.25) is 0 Å². The molecule has 0 aromatic heterocycles. The third-order valence-corrected chi connectivity index (χ3v) is 3.25. The average molecular weight is 245 g/mol. The molecule has 0 saturated carbocycles. The van der Waals surface area contributed by atoms with Crippen LogP contribution in [0.1, 0.15) is 17.2 Å². The lowest BCUT2D eigenvalue weighted by Crippen LogP contribution is -2.44. The first-order valence-corrected chi connectivity index (χ1v) is 6.27. The fourth-order valence-corrected chi connectivity index (χ4v) is 2.27. The van der Waals surface area contributed by atoms with Crippen LogP contribution in [0, 0.1) is 11.3 Å². The Morgan fingerprint density at radius 3 is 2.56 bits per heavy atom. The van der Waals surface area contributed by atoms with Crippen molar-refractivity contribution in [2.24, 2.45) is 0 Å². The van der Waals surface area contributed by atoms with Gasteiger partial charge in [-0.3, -0.25) is 4.90 Å². The van der Waals surface area contributed by atoms with Crippen molar-refractivity contribution in [2.75, 3.05) is 33.3 Å². The van der Waals surface area contributed by atoms with Crippen LogP contribution in [0.5, 0.6) is 0 Å². The largest absolute Gasteiger partial charge is 0.380 e. The number of benzene rings is 1. The van der Waals surface area contributed by atoms with Gasteiger partial charge in [0.05, 0.1) is 12.7 Å². The zero-order valence-corrected chi connectivity index (χ0v) is 10.7. The van der Waals surface area contributed by atoms with E-state index in [2.05, 4.69) is 16.3 Å². The van der Waals surface area contributed by atoms with Gasteiger partial charge in [0.25, 0.3) is 0 Å². The van der Waals surface area contributed by atoms with Crippen LogP contribution >= 0.6 is 0 Å². The summed E-state index contributed by atoms with van der Waals surface area (Å²) in [6, 6.07) is 10.4. The van der Waals surface area contributed by atoms with E-state index in [0.29, 0.717) is 6.61 Å². The zero-order valence-electron chi connectivity index (χ0n) is 10.7. The molecule has 2 rings (SSSR count). The van der Waals surface area contributed by atoms with Crippen molar-refractivity contribution in [3.63, 3.8) is 0 Å². The van der Waals surface area contributed by atoms with Crippen molar-refractivity contribution in [3.05, 3.63) is 35.4 Å². The van der Waals surface area contributed by atoms with E-state index in [4.69, 9.17) is 4.74 Å². The first-order chi connectivity index (χ1) is 8.85. The molecule has 0 radical (unpaired) electrons. The second kappa shape index (κ2) is 6.50. The van der Waals surface area contributed by atoms with Crippen LogP contribution in [-0.2, 0) is 11.3 Å². The summed E-state index contributed by atoms with van der Waals surface area (Å²) in [6.07, 6.45) is 0. The van der Waals surface area contributed by atoms with Crippen molar-refractivity contribution >= 4 is 0 Å². The summed E-state index contributed by atoms with van der Waals surface area (Å²) in [4.78, 5) is 2.22. The molecule has 4 heteroatoms. The summed E-state index contributed by atoms with van der Waals surface area (Å²) in [5.74, 6) is 0. The summed E-state index contributed by atoms with van der Waals surface area (Å²) < 4.78 is 5.09. The molecule has 1 fully saturated rings. The molecule has 1 N–H and O–H groups in total. The molecule has 1 atom stereocenters. The van der Waals surface area contributed by atoms with Crippen molar-refractivity contribution in [1.82, 2.24) is 10.2 Å². The Morgan fingerprint density at radius 2 is 2.00 bits per heavy atom. The van der Waals surface area contributed by atoms with Gasteiger partial charge >= 0.3 is 0 Å². The smallest absolute Gasteiger partial charge is 0.123 e. The fourth-order valence-electron chi connectivity index (χ4n) is 2.27. The number of hydrogen-bond donors (Lipinski definition) is 1. The second-order valence-electron chi connectivity index (χ2n) is 4.49. The normalized spacial score (nSPS) is 18.2. The van der Waals surface area contributed by atoms with Gasteiger partial charge in [0.2, 0.25) is 0 Å². The number of ether oxygens (including phenoxy) is 1. The molecule has 1 aromatic rings. The van der Waals surface area contributed by atoms with Crippen LogP contribution < -0.4 is 5.32 Å². The van der Waals surface area contributed by atoms with Gasteiger partial charge in [-0.1, -0.05) is 24.3 Å². The molecule has 1 aromatic carbocycles. The van der Waals surface area contributed by atoms with Crippen LogP contribution in [0.15, 0.2) is 24.3 Å². The Hall–Kier alpha value is -1.41. The number of nitrogens with zero attached hydrogens (tertiary/aromatic N) is 2. The maximum absolute atomic E-state index is 9.37. The summed E-state index contributed by atoms with van der Waals surface area (Å²) in [5.41, 5.74) is 2.21. The van der Waals surface area contributed by atoms with Crippen molar-refractivity contribution in [2.45, 2.75) is 12.6 Å². The molecule has 0 spiro atoms. The van der Waals surface area contributed by atoms with E-state index in [0.717, 1.165) is 37.3 Å². The minimum Gasteiger partial charge on any atom is -0.380 e. The quantitative estimate of drug-likeness (QED) is 0.868. The zero-order chi connectivity index (χ0) is 12.8. The predicted octanol–water partition coefficient (Wildman–Crippen LogP) is 1.30. The first kappa shape index (κ1) is 13.0. The fraction of sp³-hybridized carbons (Fsp3) is 0.500. The van der Waals surface area contributed by atoms with Gasteiger partial charge in [0.15, 0.2) is 0 Å². The molecule has 96 valence electrons. The van der Waals surface area contributed by atoms with Gasteiger partial charge in [-0.05, 0) is 11.1 Å². The van der Waals surface area contributed by atoms with Crippen molar-refractivity contribution < 1.29 is 4.74 Å². The van der Waals surface area contributed by atoms with E-state index in [1.54, 1.807) is 7.11 Å². The molecule has 0 bridgehead atoms. The maximum Gasteiger partial charge on any atom is 0.123 e. The van der Waals surface area contributed by atoms with E-state index < -0.39 is 0 Å². The monoisotopic (exact) mass is 245 g/mol. The lowest BCUT2D eigenvalue weighted by Gasteiger charge is -2.31. The van der Waals surface area contributed by atoms with E-state index in [-0.39, 0.29) is 6.04 Å². The van der Waals surface area contributed by atoms with Crippen molar-refractivity contribution in [1.29, 1.82) is 5.26 Å². The third kappa shape index (κ3) is 3.08. The molecule has 1 unspecified atom stereocenters. The number of rotatable bonds is 4. The Morgan fingerprint density at radius 1 is 1.33 bits per heavy atom. The predicted molar refractivity (Wildman–Crippen MR) is 70.0 cm³/mol. The van der Waals surface area contributed by atoms with E-state index in [1.165, 1.54) is 0 Å². The highest BCUT2D eigenvalue weighted by molar-refractivity contribution is 5.28. The van der Waals surface area contributed by atoms with Gasteiger partial charge in [-0.15, -0.1) is 0 Å². The molecule has 0 amide bonds. The highest BCUT2D eigenvalue weighted by Gasteiger charge is 2.21. The molecule has 0 aliphatic carbocycles. The molecule has 1 heterocycles. The molecule has 18 heavy (non-hydrogen) atoms. The SMILES string of the molecule is COCc1ccc(C(C#N)N2CCNCC2)cc1. The molecule has 1 saturated heterocycles. The summed E-state index contributed by atoms with van der Waals surface area (Å²) in [5, 5.41) is 12.7. The standard InChI is InChI=1S/C14H19N3O/c1-18-11-12-2-4-13(5-3-12)14(10-15)17-8-6-16-7-9-17/h2-5,14,16H,6-9,11H2,1H3. The number of nitriles is 1. The third-order valence-electron chi connectivity index (χ3n) is 3.25. The van der Waals surface area contributed by atoms with E-state index >= 15 is 0 Å². The second-order valence-corrected chi connectivity index (χ2v) is 4.49. The molecule has 1 aliphatic heterocycles. The highest BCUT2D eigenvalue weighted by atomic mass is 16.5. The topological polar surface area (TPSA) is 48.3 Å². The lowest BCUT2D eigenvalue weighted by atomic mass is 10.0. The molecular weight excluding hydrogens is 226 g/mol. The Labute approximate surface area is 108 Å². The van der Waals surface area contributed by atoms with Crippen LogP contribution in [0.4, 0.5) is 0 Å². The van der Waals surface area contributed by atoms with Crippen LogP contribution in [0.25, 0.3) is 0 Å². The van der Waals surface area contributed by atoms with Gasteiger partial charge in [0.1, 0.15) is 6.04 Å². The molecule has 4 nitrogen and oxygen atoms in total. The van der Waals surface area contributed by atoms with E-state index in [9.17, 15) is 5.26 Å². The minimum atomic E-state index is -0.135. The summed E-state index contributed by atoms with van der Waals surface area (Å²) in [7, 11) is 1.69. The van der Waals surface area contributed by atoms with Gasteiger partial charge in [-0.25, -0.2) is 0 Å². The first-order valence-electron chi connectivity index (χ1n) is 6.27. The number of nitrogens with one attached hydrogen (secondary N) is 1. The summed E-state index contributed by atoms with van der Waals surface area (Å²) in [6.45, 7) is 4.39. The Balaban J connectivity index is 2.09. The Kier molecular flexibility index (Phi) is 4.71. The van der Waals surface area contributed by atoms with Gasteiger partial charge in [-0.2, -0.15) is 5.26 Å².